The first-order valence-corrected chi connectivity index (χ1v) is 17.4. The zero-order valence-corrected chi connectivity index (χ0v) is 21.0. The van der Waals surface area contributed by atoms with Gasteiger partial charge in [0.05, 0.1) is 0 Å². The minimum atomic E-state index is 0.992. The lowest BCUT2D eigenvalue weighted by atomic mass is 9.02. The van der Waals surface area contributed by atoms with Crippen LogP contribution in [0.1, 0.15) is 44.9 Å². The average molecular weight is 461 g/mol. The van der Waals surface area contributed by atoms with Crippen molar-refractivity contribution in [1.82, 2.24) is 0 Å². The summed E-state index contributed by atoms with van der Waals surface area (Å²) in [5, 5.41) is 0. The maximum Gasteiger partial charge on any atom is -0.0134 e. The summed E-state index contributed by atoms with van der Waals surface area (Å²) in [5.41, 5.74) is 2.01. The second-order valence-corrected chi connectivity index (χ2v) is 19.3. The van der Waals surface area contributed by atoms with Crippen LogP contribution in [0.15, 0.2) is 0 Å². The molecule has 16 rings (SSSR count). The van der Waals surface area contributed by atoms with E-state index in [0.29, 0.717) is 0 Å². The van der Waals surface area contributed by atoms with Crippen molar-refractivity contribution in [3.05, 3.63) is 0 Å². The maximum atomic E-state index is 1.78. The normalized spacial score (nSPS) is 96.0. The fourth-order valence-corrected chi connectivity index (χ4v) is 23.2. The van der Waals surface area contributed by atoms with Crippen molar-refractivity contribution >= 4 is 0 Å². The summed E-state index contributed by atoms with van der Waals surface area (Å²) < 4.78 is 0. The molecule has 0 aliphatic heterocycles. The molecule has 0 aromatic rings. The smallest absolute Gasteiger partial charge is 0.0134 e. The fourth-order valence-electron chi connectivity index (χ4n) is 23.2. The molecule has 0 saturated heterocycles. The zero-order valence-electron chi connectivity index (χ0n) is 21.0. The lowest BCUT2D eigenvalue weighted by Gasteiger charge is -3.02. The molecule has 16 saturated carbocycles. The third kappa shape index (κ3) is 0.954. The molecule has 0 nitrogen and oxygen atoms in total. The molecule has 0 N–H and O–H groups in total. The maximum absolute atomic E-state index is 1.78. The quantitative estimate of drug-likeness (QED) is 0.420. The Morgan fingerprint density at radius 2 is 0.971 bits per heavy atom. The molecule has 16 aliphatic carbocycles. The lowest BCUT2D eigenvalue weighted by molar-refractivity contribution is -0.555. The molecule has 0 aromatic carbocycles. The summed E-state index contributed by atoms with van der Waals surface area (Å²) in [7, 11) is 0. The van der Waals surface area contributed by atoms with E-state index in [2.05, 4.69) is 0 Å². The standard InChI is InChI=1S/C35H40/c1-2-10-13-11(3-1)15-16(13)14(10)17-19-18(15)21-22(19)20(17)24-23-25(21)28-26(23)27(24)29-31-8-4-5-9-6-12-32-30(28)33(29)35(31,32)34(9,12)7-8/h8-33H,1-7H2. The number of hydrogen-bond donors (Lipinski definition) is 0. The summed E-state index contributed by atoms with van der Waals surface area (Å²) in [5.74, 6) is 33.8. The highest BCUT2D eigenvalue weighted by Gasteiger charge is 3.03. The van der Waals surface area contributed by atoms with Crippen molar-refractivity contribution in [1.29, 1.82) is 0 Å². The Labute approximate surface area is 209 Å². The molecular formula is C35H40. The van der Waals surface area contributed by atoms with E-state index in [9.17, 15) is 0 Å². The van der Waals surface area contributed by atoms with Crippen LogP contribution in [-0.4, -0.2) is 0 Å². The Bertz CT molecular complexity index is 1280. The number of rotatable bonds is 0. The van der Waals surface area contributed by atoms with Crippen LogP contribution in [0.5, 0.6) is 0 Å². The molecule has 0 heteroatoms. The topological polar surface area (TPSA) is 0 Å². The van der Waals surface area contributed by atoms with Crippen LogP contribution in [0, 0.1) is 165 Å². The van der Waals surface area contributed by atoms with E-state index in [1.54, 1.807) is 44.9 Å². The fraction of sp³-hybridized carbons (Fsp3) is 1.00. The molecule has 16 fully saturated rings. The van der Waals surface area contributed by atoms with Gasteiger partial charge in [-0.15, -0.1) is 0 Å². The van der Waals surface area contributed by atoms with Gasteiger partial charge in [0.1, 0.15) is 0 Å². The van der Waals surface area contributed by atoms with Gasteiger partial charge in [0.25, 0.3) is 0 Å². The molecule has 0 radical (unpaired) electrons. The van der Waals surface area contributed by atoms with Crippen molar-refractivity contribution < 1.29 is 0 Å². The third-order valence-electron chi connectivity index (χ3n) is 21.8. The summed E-state index contributed by atoms with van der Waals surface area (Å²) in [6.45, 7) is 0. The highest BCUT2D eigenvalue weighted by atomic mass is 15.1. The van der Waals surface area contributed by atoms with Crippen LogP contribution in [0.4, 0.5) is 0 Å². The summed E-state index contributed by atoms with van der Waals surface area (Å²) in [6, 6.07) is 0. The summed E-state index contributed by atoms with van der Waals surface area (Å²) >= 11 is 0. The van der Waals surface area contributed by atoms with E-state index < -0.39 is 0 Å². The van der Waals surface area contributed by atoms with Crippen molar-refractivity contribution in [2.45, 2.75) is 44.9 Å². The van der Waals surface area contributed by atoms with Gasteiger partial charge in [-0.3, -0.25) is 0 Å². The molecule has 180 valence electrons. The zero-order chi connectivity index (χ0) is 21.0. The van der Waals surface area contributed by atoms with E-state index in [1.165, 1.54) is 154 Å². The molecule has 28 unspecified atom stereocenters. The minimum absolute atomic E-state index is 0.992. The third-order valence-corrected chi connectivity index (χ3v) is 21.8. The summed E-state index contributed by atoms with van der Waals surface area (Å²) in [4.78, 5) is 0. The molecule has 2 bridgehead atoms. The van der Waals surface area contributed by atoms with E-state index in [0.717, 1.165) is 10.8 Å². The van der Waals surface area contributed by atoms with Crippen LogP contribution < -0.4 is 0 Å². The van der Waals surface area contributed by atoms with Gasteiger partial charge in [0, 0.05) is 0 Å². The van der Waals surface area contributed by atoms with Gasteiger partial charge in [-0.25, -0.2) is 0 Å². The first-order chi connectivity index (χ1) is 17.4. The second-order valence-electron chi connectivity index (χ2n) is 19.3. The van der Waals surface area contributed by atoms with Crippen LogP contribution in [0.2, 0.25) is 0 Å². The Balaban J connectivity index is 0.903. The van der Waals surface area contributed by atoms with E-state index in [1.807, 2.05) is 0 Å². The molecule has 0 aromatic heterocycles. The minimum Gasteiger partial charge on any atom is -0.0527 e. The SMILES string of the molecule is C1CC2C3C(C1)C1C3C2C2C3C1C1C3C2C2C3C1C1C3C2C2C3C4CCC5CC6C7C1C2C37C56C4. The van der Waals surface area contributed by atoms with Crippen molar-refractivity contribution in [3.8, 4) is 0 Å². The van der Waals surface area contributed by atoms with E-state index >= 15 is 0 Å². The number of fused-ring (bicyclic) bond motifs is 17. The predicted octanol–water partition coefficient (Wildman–Crippen LogP) is 5.93. The van der Waals surface area contributed by atoms with Gasteiger partial charge in [-0.2, -0.15) is 0 Å². The lowest BCUT2D eigenvalue weighted by Crippen LogP contribution is -2.99. The van der Waals surface area contributed by atoms with Gasteiger partial charge < -0.3 is 0 Å². The van der Waals surface area contributed by atoms with Crippen LogP contribution in [0.3, 0.4) is 0 Å². The van der Waals surface area contributed by atoms with Crippen molar-refractivity contribution in [3.63, 3.8) is 0 Å². The largest absolute Gasteiger partial charge is 0.0527 e. The Morgan fingerprint density at radius 1 is 0.429 bits per heavy atom. The van der Waals surface area contributed by atoms with E-state index in [-0.39, 0.29) is 0 Å². The Morgan fingerprint density at radius 3 is 1.63 bits per heavy atom. The molecule has 28 atom stereocenters. The Hall–Kier alpha value is 0. The predicted molar refractivity (Wildman–Crippen MR) is 128 cm³/mol. The van der Waals surface area contributed by atoms with Crippen molar-refractivity contribution in [2.24, 2.45) is 165 Å². The van der Waals surface area contributed by atoms with Crippen molar-refractivity contribution in [2.75, 3.05) is 0 Å². The van der Waals surface area contributed by atoms with Gasteiger partial charge in [0.2, 0.25) is 0 Å². The first-order valence-electron chi connectivity index (χ1n) is 17.4. The molecule has 35 heavy (non-hydrogen) atoms. The monoisotopic (exact) mass is 460 g/mol. The second kappa shape index (κ2) is 3.94. The molecule has 0 heterocycles. The average Bonchev–Trinajstić information content (AvgIpc) is 3.05. The first kappa shape index (κ1) is 16.2. The van der Waals surface area contributed by atoms with Gasteiger partial charge >= 0.3 is 0 Å². The molecular weight excluding hydrogens is 420 g/mol. The van der Waals surface area contributed by atoms with E-state index in [4.69, 9.17) is 0 Å². The van der Waals surface area contributed by atoms with Gasteiger partial charge in [0.15, 0.2) is 0 Å². The van der Waals surface area contributed by atoms with Crippen LogP contribution in [0.25, 0.3) is 0 Å². The van der Waals surface area contributed by atoms with Crippen LogP contribution in [-0.2, 0) is 0 Å². The van der Waals surface area contributed by atoms with Gasteiger partial charge in [-0.1, -0.05) is 6.42 Å². The molecule has 2 spiro atoms. The highest BCUT2D eigenvalue weighted by molar-refractivity contribution is 5.50. The van der Waals surface area contributed by atoms with Gasteiger partial charge in [-0.05, 0) is 203 Å². The number of hydrogen-bond acceptors (Lipinski definition) is 0. The summed E-state index contributed by atoms with van der Waals surface area (Å²) in [6.07, 6.45) is 11.9. The molecule has 16 aliphatic rings. The Kier molecular flexibility index (Phi) is 1.82. The molecule has 0 amide bonds. The highest BCUT2D eigenvalue weighted by Crippen LogP contribution is 3.07. The van der Waals surface area contributed by atoms with Crippen LogP contribution >= 0.6 is 0 Å².